The molecule has 1 heterocycles. The van der Waals surface area contributed by atoms with Crippen LogP contribution in [0.5, 0.6) is 0 Å². The molecule has 4 heteroatoms. The molecule has 0 aliphatic heterocycles. The van der Waals surface area contributed by atoms with Crippen LogP contribution in [0.25, 0.3) is 0 Å². The van der Waals surface area contributed by atoms with E-state index in [9.17, 15) is 0 Å². The fourth-order valence-electron chi connectivity index (χ4n) is 0.769. The second-order valence-corrected chi connectivity index (χ2v) is 2.95. The minimum Gasteiger partial charge on any atom is -0.382 e. The average Bonchev–Trinajstić information content (AvgIpc) is 1.97. The van der Waals surface area contributed by atoms with Gasteiger partial charge in [0.1, 0.15) is 5.82 Å². The normalized spacial score (nSPS) is 10.1. The molecule has 0 atom stereocenters. The van der Waals surface area contributed by atoms with Gasteiger partial charge in [0.25, 0.3) is 0 Å². The molecule has 0 aliphatic rings. The molecule has 0 saturated heterocycles. The van der Waals surface area contributed by atoms with Gasteiger partial charge in [-0.1, -0.05) is 30.1 Å². The summed E-state index contributed by atoms with van der Waals surface area (Å²) in [5.41, 5.74) is 6.25. The zero-order valence-corrected chi connectivity index (χ0v) is 7.58. The minimum absolute atomic E-state index is 0.341. The maximum absolute atomic E-state index is 5.80. The Morgan fingerprint density at radius 2 is 2.09 bits per heavy atom. The molecular weight excluding hydrogens is 183 g/mol. The Morgan fingerprint density at radius 3 is 2.64 bits per heavy atom. The van der Waals surface area contributed by atoms with Gasteiger partial charge in [-0.2, -0.15) is 0 Å². The van der Waals surface area contributed by atoms with Gasteiger partial charge in [-0.15, -0.1) is 0 Å². The molecule has 0 bridgehead atoms. The number of halogens is 2. The van der Waals surface area contributed by atoms with Crippen LogP contribution in [0.4, 0.5) is 5.82 Å². The van der Waals surface area contributed by atoms with Gasteiger partial charge in [-0.25, -0.2) is 4.98 Å². The number of aryl methyl sites for hydroxylation is 1. The molecule has 60 valence electrons. The summed E-state index contributed by atoms with van der Waals surface area (Å²) in [6.45, 7) is 1.96. The van der Waals surface area contributed by atoms with Crippen LogP contribution in [0.1, 0.15) is 12.6 Å². The number of anilines is 1. The molecule has 2 nitrogen and oxygen atoms in total. The van der Waals surface area contributed by atoms with Crippen molar-refractivity contribution < 1.29 is 0 Å². The van der Waals surface area contributed by atoms with Gasteiger partial charge in [-0.05, 0) is 12.5 Å². The van der Waals surface area contributed by atoms with Crippen molar-refractivity contribution in [1.82, 2.24) is 4.98 Å². The van der Waals surface area contributed by atoms with Crippen molar-refractivity contribution in [2.45, 2.75) is 13.3 Å². The predicted octanol–water partition coefficient (Wildman–Crippen LogP) is 2.53. The minimum atomic E-state index is 0.341. The highest BCUT2D eigenvalue weighted by atomic mass is 35.5. The lowest BCUT2D eigenvalue weighted by atomic mass is 10.3. The number of nitrogen functional groups attached to an aromatic ring is 1. The van der Waals surface area contributed by atoms with Crippen molar-refractivity contribution in [3.8, 4) is 0 Å². The molecule has 0 aromatic carbocycles. The predicted molar refractivity (Wildman–Crippen MR) is 48.0 cm³/mol. The Kier molecular flexibility index (Phi) is 2.58. The second kappa shape index (κ2) is 3.28. The quantitative estimate of drug-likeness (QED) is 0.740. The first kappa shape index (κ1) is 8.62. The largest absolute Gasteiger partial charge is 0.382 e. The molecule has 1 aromatic rings. The lowest BCUT2D eigenvalue weighted by molar-refractivity contribution is 1.04. The zero-order chi connectivity index (χ0) is 8.43. The van der Waals surface area contributed by atoms with Gasteiger partial charge in [-0.3, -0.25) is 0 Å². The van der Waals surface area contributed by atoms with Crippen LogP contribution < -0.4 is 5.73 Å². The van der Waals surface area contributed by atoms with Crippen molar-refractivity contribution >= 4 is 29.0 Å². The first-order chi connectivity index (χ1) is 5.15. The van der Waals surface area contributed by atoms with E-state index < -0.39 is 0 Å². The van der Waals surface area contributed by atoms with Crippen LogP contribution in [0, 0.1) is 0 Å². The van der Waals surface area contributed by atoms with E-state index >= 15 is 0 Å². The van der Waals surface area contributed by atoms with E-state index in [0.717, 1.165) is 12.1 Å². The summed E-state index contributed by atoms with van der Waals surface area (Å²) in [6, 6.07) is 1.62. The summed E-state index contributed by atoms with van der Waals surface area (Å²) in [4.78, 5) is 4.00. The maximum atomic E-state index is 5.80. The fraction of sp³-hybridized carbons (Fsp3) is 0.286. The highest BCUT2D eigenvalue weighted by Crippen LogP contribution is 2.23. The van der Waals surface area contributed by atoms with Gasteiger partial charge in [0.15, 0.2) is 0 Å². The number of hydrogen-bond donors (Lipinski definition) is 1. The molecule has 0 radical (unpaired) electrons. The standard InChI is InChI=1S/C7H8Cl2N2/c1-2-6-4(8)3-5(9)7(10)11-6/h3H,2H2,1H3,(H2,10,11). The van der Waals surface area contributed by atoms with Crippen molar-refractivity contribution in [3.63, 3.8) is 0 Å². The number of hydrogen-bond acceptors (Lipinski definition) is 2. The van der Waals surface area contributed by atoms with E-state index in [-0.39, 0.29) is 0 Å². The molecule has 0 saturated carbocycles. The van der Waals surface area contributed by atoms with Crippen LogP contribution in [0.15, 0.2) is 6.07 Å². The van der Waals surface area contributed by atoms with Crippen molar-refractivity contribution in [2.24, 2.45) is 0 Å². The third-order valence-electron chi connectivity index (χ3n) is 1.36. The molecule has 2 N–H and O–H groups in total. The first-order valence-corrected chi connectivity index (χ1v) is 4.01. The highest BCUT2D eigenvalue weighted by molar-refractivity contribution is 6.36. The Balaban J connectivity index is 3.21. The smallest absolute Gasteiger partial charge is 0.142 e. The topological polar surface area (TPSA) is 38.9 Å². The van der Waals surface area contributed by atoms with E-state index in [0.29, 0.717) is 15.9 Å². The van der Waals surface area contributed by atoms with E-state index in [2.05, 4.69) is 4.98 Å². The molecule has 0 unspecified atom stereocenters. The van der Waals surface area contributed by atoms with Gasteiger partial charge >= 0.3 is 0 Å². The summed E-state index contributed by atoms with van der Waals surface area (Å²) in [5.74, 6) is 0.341. The van der Waals surface area contributed by atoms with Gasteiger partial charge < -0.3 is 5.73 Å². The van der Waals surface area contributed by atoms with Gasteiger partial charge in [0.2, 0.25) is 0 Å². The molecule has 1 aromatic heterocycles. The molecule has 0 spiro atoms. The van der Waals surface area contributed by atoms with E-state index in [1.807, 2.05) is 6.92 Å². The molecule has 11 heavy (non-hydrogen) atoms. The van der Waals surface area contributed by atoms with Crippen LogP contribution in [0.2, 0.25) is 10.0 Å². The number of nitrogens with two attached hydrogens (primary N) is 1. The highest BCUT2D eigenvalue weighted by Gasteiger charge is 2.03. The first-order valence-electron chi connectivity index (χ1n) is 3.25. The van der Waals surface area contributed by atoms with Crippen molar-refractivity contribution in [3.05, 3.63) is 21.8 Å². The maximum Gasteiger partial charge on any atom is 0.142 e. The Bertz CT molecular complexity index is 273. The number of aromatic nitrogens is 1. The van der Waals surface area contributed by atoms with Crippen LogP contribution in [-0.2, 0) is 6.42 Å². The Labute approximate surface area is 75.3 Å². The van der Waals surface area contributed by atoms with E-state index in [4.69, 9.17) is 28.9 Å². The van der Waals surface area contributed by atoms with Crippen molar-refractivity contribution in [2.75, 3.05) is 5.73 Å². The second-order valence-electron chi connectivity index (χ2n) is 2.14. The van der Waals surface area contributed by atoms with E-state index in [1.165, 1.54) is 0 Å². The zero-order valence-electron chi connectivity index (χ0n) is 6.06. The van der Waals surface area contributed by atoms with E-state index in [1.54, 1.807) is 6.07 Å². The Hall–Kier alpha value is -0.470. The summed E-state index contributed by atoms with van der Waals surface area (Å²) >= 11 is 11.5. The summed E-state index contributed by atoms with van der Waals surface area (Å²) in [7, 11) is 0. The molecular formula is C7H8Cl2N2. The molecule has 0 amide bonds. The monoisotopic (exact) mass is 190 g/mol. The number of nitrogens with zero attached hydrogens (tertiary/aromatic N) is 1. The van der Waals surface area contributed by atoms with Gasteiger partial charge in [0, 0.05) is 0 Å². The third kappa shape index (κ3) is 1.76. The fourth-order valence-corrected chi connectivity index (χ4v) is 1.26. The summed E-state index contributed by atoms with van der Waals surface area (Å²) < 4.78 is 0. The third-order valence-corrected chi connectivity index (χ3v) is 1.99. The van der Waals surface area contributed by atoms with Gasteiger partial charge in [0.05, 0.1) is 15.7 Å². The summed E-state index contributed by atoms with van der Waals surface area (Å²) in [5, 5.41) is 0.985. The van der Waals surface area contributed by atoms with Crippen LogP contribution >= 0.6 is 23.2 Å². The molecule has 0 aliphatic carbocycles. The number of pyridine rings is 1. The number of rotatable bonds is 1. The molecule has 1 rings (SSSR count). The average molecular weight is 191 g/mol. The lowest BCUT2D eigenvalue weighted by Crippen LogP contribution is -1.96. The van der Waals surface area contributed by atoms with Crippen LogP contribution in [-0.4, -0.2) is 4.98 Å². The Morgan fingerprint density at radius 1 is 1.45 bits per heavy atom. The van der Waals surface area contributed by atoms with Crippen molar-refractivity contribution in [1.29, 1.82) is 0 Å². The summed E-state index contributed by atoms with van der Waals surface area (Å²) in [6.07, 6.45) is 0.764. The van der Waals surface area contributed by atoms with Crippen LogP contribution in [0.3, 0.4) is 0 Å². The SMILES string of the molecule is CCc1nc(N)c(Cl)cc1Cl. The molecule has 0 fully saturated rings. The lowest BCUT2D eigenvalue weighted by Gasteiger charge is -2.02.